The van der Waals surface area contributed by atoms with Gasteiger partial charge in [-0.25, -0.2) is 4.98 Å². The van der Waals surface area contributed by atoms with Crippen molar-refractivity contribution in [3.63, 3.8) is 0 Å². The fraction of sp³-hybridized carbons (Fsp3) is 0.440. The second-order valence-corrected chi connectivity index (χ2v) is 8.51. The summed E-state index contributed by atoms with van der Waals surface area (Å²) in [7, 11) is 3.22. The Kier molecular flexibility index (Phi) is 6.16. The van der Waals surface area contributed by atoms with E-state index in [1.165, 1.54) is 16.6 Å². The summed E-state index contributed by atoms with van der Waals surface area (Å²) in [6.07, 6.45) is 4.37. The Balaban J connectivity index is 1.34. The summed E-state index contributed by atoms with van der Waals surface area (Å²) in [6.45, 7) is 6.84. The quantitative estimate of drug-likeness (QED) is 0.600. The fourth-order valence-corrected chi connectivity index (χ4v) is 4.38. The molecular formula is C25H31N3O3. The van der Waals surface area contributed by atoms with Crippen LogP contribution < -0.4 is 9.47 Å². The van der Waals surface area contributed by atoms with Crippen molar-refractivity contribution < 1.29 is 14.3 Å². The maximum atomic E-state index is 12.8. The number of fused-ring (bicyclic) bond motifs is 1. The van der Waals surface area contributed by atoms with E-state index >= 15 is 0 Å². The van der Waals surface area contributed by atoms with Crippen molar-refractivity contribution in [3.05, 3.63) is 53.3 Å². The maximum Gasteiger partial charge on any atom is 0.226 e. The number of aromatic nitrogens is 2. The number of carbonyl (C=O) groups excluding carboxylic acids is 1. The first-order valence-corrected chi connectivity index (χ1v) is 10.9. The Morgan fingerprint density at radius 2 is 1.74 bits per heavy atom. The van der Waals surface area contributed by atoms with Crippen molar-refractivity contribution in [1.82, 2.24) is 14.5 Å². The van der Waals surface area contributed by atoms with E-state index in [-0.39, 0.29) is 5.91 Å². The molecule has 0 saturated carbocycles. The fourth-order valence-electron chi connectivity index (χ4n) is 4.38. The first kappa shape index (κ1) is 21.2. The number of carbonyl (C=O) groups is 1. The molecule has 6 nitrogen and oxygen atoms in total. The summed E-state index contributed by atoms with van der Waals surface area (Å²) < 4.78 is 12.9. The third kappa shape index (κ3) is 4.53. The molecule has 0 N–H and O–H groups in total. The second-order valence-electron chi connectivity index (χ2n) is 8.51. The number of ether oxygens (including phenoxy) is 2. The van der Waals surface area contributed by atoms with Gasteiger partial charge in [-0.1, -0.05) is 6.07 Å². The highest BCUT2D eigenvalue weighted by atomic mass is 16.5. The van der Waals surface area contributed by atoms with Crippen LogP contribution in [0.15, 0.2) is 36.7 Å². The van der Waals surface area contributed by atoms with Gasteiger partial charge >= 0.3 is 0 Å². The van der Waals surface area contributed by atoms with Gasteiger partial charge in [0.05, 0.1) is 38.0 Å². The SMILES string of the molecule is COc1ccc(CC(=O)N2CCC(Cn3cnc4cc(C)c(C)cc43)CC2)cc1OC. The molecule has 1 fully saturated rings. The van der Waals surface area contributed by atoms with Crippen molar-refractivity contribution in [3.8, 4) is 11.5 Å². The summed E-state index contributed by atoms with van der Waals surface area (Å²) in [6, 6.07) is 10.1. The molecule has 0 spiro atoms. The summed E-state index contributed by atoms with van der Waals surface area (Å²) >= 11 is 0. The average molecular weight is 422 g/mol. The number of rotatable bonds is 6. The van der Waals surface area contributed by atoms with Crippen molar-refractivity contribution in [1.29, 1.82) is 0 Å². The molecule has 0 atom stereocenters. The Morgan fingerprint density at radius 1 is 1.03 bits per heavy atom. The van der Waals surface area contributed by atoms with Gasteiger partial charge in [-0.2, -0.15) is 0 Å². The lowest BCUT2D eigenvalue weighted by molar-refractivity contribution is -0.131. The molecule has 0 radical (unpaired) electrons. The van der Waals surface area contributed by atoms with Gasteiger partial charge in [0.2, 0.25) is 5.91 Å². The van der Waals surface area contributed by atoms with Crippen LogP contribution in [0.25, 0.3) is 11.0 Å². The number of amides is 1. The largest absolute Gasteiger partial charge is 0.493 e. The molecule has 6 heteroatoms. The number of methoxy groups -OCH3 is 2. The van der Waals surface area contributed by atoms with E-state index in [9.17, 15) is 4.79 Å². The highest BCUT2D eigenvalue weighted by Crippen LogP contribution is 2.28. The van der Waals surface area contributed by atoms with Gasteiger partial charge in [0.15, 0.2) is 11.5 Å². The first-order chi connectivity index (χ1) is 15.0. The molecule has 31 heavy (non-hydrogen) atoms. The van der Waals surface area contributed by atoms with Gasteiger partial charge < -0.3 is 18.9 Å². The number of aryl methyl sites for hydroxylation is 2. The summed E-state index contributed by atoms with van der Waals surface area (Å²) in [4.78, 5) is 19.4. The lowest BCUT2D eigenvalue weighted by Gasteiger charge is -2.32. The first-order valence-electron chi connectivity index (χ1n) is 10.9. The highest BCUT2D eigenvalue weighted by molar-refractivity contribution is 5.79. The van der Waals surface area contributed by atoms with Crippen molar-refractivity contribution >= 4 is 16.9 Å². The van der Waals surface area contributed by atoms with Crippen molar-refractivity contribution in [2.45, 2.75) is 39.7 Å². The van der Waals surface area contributed by atoms with Crippen LogP contribution in [0.5, 0.6) is 11.5 Å². The van der Waals surface area contributed by atoms with E-state index < -0.39 is 0 Å². The number of likely N-dealkylation sites (tertiary alicyclic amines) is 1. The van der Waals surface area contributed by atoms with Gasteiger partial charge in [-0.3, -0.25) is 4.79 Å². The zero-order chi connectivity index (χ0) is 22.0. The molecule has 0 unspecified atom stereocenters. The number of nitrogens with zero attached hydrogens (tertiary/aromatic N) is 3. The summed E-state index contributed by atoms with van der Waals surface area (Å²) in [5.74, 6) is 2.07. The van der Waals surface area contributed by atoms with Crippen LogP contribution in [0.1, 0.15) is 29.5 Å². The predicted molar refractivity (Wildman–Crippen MR) is 122 cm³/mol. The Hall–Kier alpha value is -3.02. The van der Waals surface area contributed by atoms with Crippen LogP contribution >= 0.6 is 0 Å². The van der Waals surface area contributed by atoms with Gasteiger partial charge in [-0.15, -0.1) is 0 Å². The Morgan fingerprint density at radius 3 is 2.45 bits per heavy atom. The molecule has 1 aliphatic rings. The van der Waals surface area contributed by atoms with Gasteiger partial charge in [-0.05, 0) is 73.6 Å². The van der Waals surface area contributed by atoms with Crippen molar-refractivity contribution in [2.75, 3.05) is 27.3 Å². The van der Waals surface area contributed by atoms with Crippen LogP contribution in [0.4, 0.5) is 0 Å². The van der Waals surface area contributed by atoms with Crippen LogP contribution in [0, 0.1) is 19.8 Å². The van der Waals surface area contributed by atoms with Gasteiger partial charge in [0, 0.05) is 19.6 Å². The van der Waals surface area contributed by atoms with E-state index in [0.29, 0.717) is 23.8 Å². The van der Waals surface area contributed by atoms with Crippen LogP contribution in [0.3, 0.4) is 0 Å². The van der Waals surface area contributed by atoms with Crippen LogP contribution in [-0.2, 0) is 17.8 Å². The van der Waals surface area contributed by atoms with E-state index in [4.69, 9.17) is 9.47 Å². The van der Waals surface area contributed by atoms with E-state index in [0.717, 1.165) is 43.6 Å². The number of hydrogen-bond donors (Lipinski definition) is 0. The zero-order valence-electron chi connectivity index (χ0n) is 18.9. The molecule has 3 aromatic rings. The predicted octanol–water partition coefficient (Wildman–Crippen LogP) is 4.15. The molecule has 1 aromatic heterocycles. The van der Waals surface area contributed by atoms with Crippen molar-refractivity contribution in [2.24, 2.45) is 5.92 Å². The maximum absolute atomic E-state index is 12.8. The van der Waals surface area contributed by atoms with Crippen LogP contribution in [0.2, 0.25) is 0 Å². The topological polar surface area (TPSA) is 56.6 Å². The summed E-state index contributed by atoms with van der Waals surface area (Å²) in [5.41, 5.74) is 5.78. The highest BCUT2D eigenvalue weighted by Gasteiger charge is 2.24. The number of piperidine rings is 1. The smallest absolute Gasteiger partial charge is 0.226 e. The normalized spacial score (nSPS) is 14.8. The molecule has 0 aliphatic carbocycles. The minimum atomic E-state index is 0.171. The molecule has 2 heterocycles. The van der Waals surface area contributed by atoms with E-state index in [1.54, 1.807) is 14.2 Å². The molecular weight excluding hydrogens is 390 g/mol. The Bertz CT molecular complexity index is 1080. The summed E-state index contributed by atoms with van der Waals surface area (Å²) in [5, 5.41) is 0. The Labute approximate surface area is 183 Å². The number of imidazole rings is 1. The molecule has 2 aromatic carbocycles. The second kappa shape index (κ2) is 9.00. The standard InChI is InChI=1S/C25H31N3O3/c1-17-11-21-22(12-18(17)2)28(16-26-21)15-19-7-9-27(10-8-19)25(29)14-20-5-6-23(30-3)24(13-20)31-4/h5-6,11-13,16,19H,7-10,14-15H2,1-4H3. The lowest BCUT2D eigenvalue weighted by atomic mass is 9.96. The third-order valence-corrected chi connectivity index (χ3v) is 6.46. The molecule has 1 amide bonds. The molecule has 0 bridgehead atoms. The van der Waals surface area contributed by atoms with E-state index in [2.05, 4.69) is 35.5 Å². The van der Waals surface area contributed by atoms with Gasteiger partial charge in [0.25, 0.3) is 0 Å². The zero-order valence-corrected chi connectivity index (χ0v) is 18.9. The average Bonchev–Trinajstić information content (AvgIpc) is 3.15. The van der Waals surface area contributed by atoms with E-state index in [1.807, 2.05) is 29.4 Å². The molecule has 164 valence electrons. The molecule has 1 saturated heterocycles. The number of benzene rings is 2. The monoisotopic (exact) mass is 421 g/mol. The third-order valence-electron chi connectivity index (χ3n) is 6.46. The van der Waals surface area contributed by atoms with Gasteiger partial charge in [0.1, 0.15) is 0 Å². The minimum absolute atomic E-state index is 0.171. The molecule has 4 rings (SSSR count). The number of hydrogen-bond acceptors (Lipinski definition) is 4. The minimum Gasteiger partial charge on any atom is -0.493 e. The van der Waals surface area contributed by atoms with Crippen LogP contribution in [-0.4, -0.2) is 47.7 Å². The molecule has 1 aliphatic heterocycles. The lowest BCUT2D eigenvalue weighted by Crippen LogP contribution is -2.40.